The number of rotatable bonds is 11. The van der Waals surface area contributed by atoms with Crippen LogP contribution in [0.25, 0.3) is 0 Å². The Morgan fingerprint density at radius 1 is 1.13 bits per heavy atom. The number of methoxy groups -OCH3 is 1. The average Bonchev–Trinajstić information content (AvgIpc) is 2.88. The number of carbonyl (C=O) groups is 2. The molecule has 3 rings (SSSR count). The van der Waals surface area contributed by atoms with Gasteiger partial charge in [0.25, 0.3) is 0 Å². The summed E-state index contributed by atoms with van der Waals surface area (Å²) in [6.07, 6.45) is 6.29. The Kier molecular flexibility index (Phi) is 10.4. The summed E-state index contributed by atoms with van der Waals surface area (Å²) in [5, 5.41) is 3.27. The van der Waals surface area contributed by atoms with Gasteiger partial charge in [-0.1, -0.05) is 49.9 Å². The Labute approximate surface area is 229 Å². The van der Waals surface area contributed by atoms with Gasteiger partial charge in [0.1, 0.15) is 24.2 Å². The van der Waals surface area contributed by atoms with Gasteiger partial charge in [0.05, 0.1) is 24.1 Å². The smallest absolute Gasteiger partial charge is 0.244 e. The highest BCUT2D eigenvalue weighted by atomic mass is 35.5. The lowest BCUT2D eigenvalue weighted by Gasteiger charge is -2.34. The summed E-state index contributed by atoms with van der Waals surface area (Å²) in [6.45, 7) is 1.26. The Morgan fingerprint density at radius 3 is 2.34 bits per heavy atom. The molecule has 1 fully saturated rings. The number of amides is 2. The largest absolute Gasteiger partial charge is 0.495 e. The number of hydrogen-bond acceptors (Lipinski definition) is 5. The van der Waals surface area contributed by atoms with Crippen molar-refractivity contribution in [2.45, 2.75) is 64.1 Å². The van der Waals surface area contributed by atoms with Gasteiger partial charge in [-0.3, -0.25) is 13.9 Å². The Bertz CT molecular complexity index is 1220. The van der Waals surface area contributed by atoms with E-state index in [0.29, 0.717) is 17.7 Å². The number of sulfonamides is 1. The molecule has 0 unspecified atom stereocenters. The minimum absolute atomic E-state index is 0.0106. The number of halogens is 2. The van der Waals surface area contributed by atoms with Crippen molar-refractivity contribution in [3.8, 4) is 5.75 Å². The molecule has 8 nitrogen and oxygen atoms in total. The average molecular weight is 568 g/mol. The quantitative estimate of drug-likeness (QED) is 0.431. The standard InChI is InChI=1S/C27H35ClFN3O5S/c1-4-24(27(34)30-21-8-6-5-7-9-21)31(17-19-10-12-20(29)13-11-19)26(33)18-32(38(3,35)36)22-14-15-25(37-2)23(28)16-22/h10-16,21,24H,4-9,17-18H2,1-3H3,(H,30,34)/t24-/m0/s1. The Hall–Kier alpha value is -2.85. The lowest BCUT2D eigenvalue weighted by Crippen LogP contribution is -2.53. The third kappa shape index (κ3) is 7.83. The minimum atomic E-state index is -3.90. The molecule has 0 aliphatic heterocycles. The van der Waals surface area contributed by atoms with Crippen molar-refractivity contribution < 1.29 is 27.1 Å². The number of anilines is 1. The van der Waals surface area contributed by atoms with Crippen LogP contribution in [0.15, 0.2) is 42.5 Å². The first kappa shape index (κ1) is 29.7. The third-order valence-electron chi connectivity index (χ3n) is 6.71. The van der Waals surface area contributed by atoms with Crippen LogP contribution in [0.2, 0.25) is 5.02 Å². The first-order chi connectivity index (χ1) is 18.0. The second kappa shape index (κ2) is 13.3. The summed E-state index contributed by atoms with van der Waals surface area (Å²) in [5.74, 6) is -0.919. The first-order valence-corrected chi connectivity index (χ1v) is 14.9. The van der Waals surface area contributed by atoms with Gasteiger partial charge < -0.3 is 15.0 Å². The summed E-state index contributed by atoms with van der Waals surface area (Å²) in [5.41, 5.74) is 0.801. The normalized spacial score (nSPS) is 15.0. The molecule has 208 valence electrons. The first-order valence-electron chi connectivity index (χ1n) is 12.7. The molecule has 2 aromatic rings. The Morgan fingerprint density at radius 2 is 1.79 bits per heavy atom. The maximum Gasteiger partial charge on any atom is 0.244 e. The van der Waals surface area contributed by atoms with E-state index in [0.717, 1.165) is 42.7 Å². The van der Waals surface area contributed by atoms with Crippen molar-refractivity contribution in [3.63, 3.8) is 0 Å². The lowest BCUT2D eigenvalue weighted by atomic mass is 9.95. The molecular formula is C27H35ClFN3O5S. The molecule has 38 heavy (non-hydrogen) atoms. The molecular weight excluding hydrogens is 533 g/mol. The van der Waals surface area contributed by atoms with Crippen LogP contribution in [0.3, 0.4) is 0 Å². The summed E-state index contributed by atoms with van der Waals surface area (Å²) in [6, 6.07) is 9.27. The van der Waals surface area contributed by atoms with Crippen molar-refractivity contribution in [3.05, 3.63) is 58.9 Å². The van der Waals surface area contributed by atoms with Gasteiger partial charge in [-0.15, -0.1) is 0 Å². The Balaban J connectivity index is 1.92. The maximum atomic E-state index is 13.8. The molecule has 0 radical (unpaired) electrons. The molecule has 2 aromatic carbocycles. The summed E-state index contributed by atoms with van der Waals surface area (Å²) < 4.78 is 45.1. The van der Waals surface area contributed by atoms with Gasteiger partial charge in [0, 0.05) is 12.6 Å². The molecule has 1 aliphatic carbocycles. The molecule has 2 amide bonds. The zero-order chi connectivity index (χ0) is 27.9. The van der Waals surface area contributed by atoms with Crippen molar-refractivity contribution in [1.29, 1.82) is 0 Å². The molecule has 0 aromatic heterocycles. The van der Waals surface area contributed by atoms with Crippen molar-refractivity contribution in [2.75, 3.05) is 24.2 Å². The second-order valence-electron chi connectivity index (χ2n) is 9.50. The van der Waals surface area contributed by atoms with Crippen LogP contribution in [-0.4, -0.2) is 57.1 Å². The topological polar surface area (TPSA) is 96.0 Å². The highest BCUT2D eigenvalue weighted by Gasteiger charge is 2.33. The molecule has 0 bridgehead atoms. The van der Waals surface area contributed by atoms with Gasteiger partial charge in [-0.05, 0) is 55.2 Å². The summed E-state index contributed by atoms with van der Waals surface area (Å²) in [7, 11) is -2.46. The number of benzene rings is 2. The SMILES string of the molecule is CC[C@@H](C(=O)NC1CCCCC1)N(Cc1ccc(F)cc1)C(=O)CN(c1ccc(OC)c(Cl)c1)S(C)(=O)=O. The highest BCUT2D eigenvalue weighted by Crippen LogP contribution is 2.30. The number of nitrogens with one attached hydrogen (secondary N) is 1. The van der Waals surface area contributed by atoms with Crippen molar-refractivity contribution >= 4 is 39.1 Å². The minimum Gasteiger partial charge on any atom is -0.495 e. The van der Waals surface area contributed by atoms with Crippen LogP contribution in [0, 0.1) is 5.82 Å². The van der Waals surface area contributed by atoms with Gasteiger partial charge in [0.15, 0.2) is 0 Å². The molecule has 1 N–H and O–H groups in total. The highest BCUT2D eigenvalue weighted by molar-refractivity contribution is 7.92. The van der Waals surface area contributed by atoms with Crippen molar-refractivity contribution in [2.24, 2.45) is 0 Å². The lowest BCUT2D eigenvalue weighted by molar-refractivity contribution is -0.140. The molecule has 1 saturated carbocycles. The van der Waals surface area contributed by atoms with Crippen LogP contribution in [0.1, 0.15) is 51.0 Å². The third-order valence-corrected chi connectivity index (χ3v) is 8.14. The monoisotopic (exact) mass is 567 g/mol. The zero-order valence-corrected chi connectivity index (χ0v) is 23.5. The van der Waals surface area contributed by atoms with E-state index >= 15 is 0 Å². The van der Waals surface area contributed by atoms with E-state index in [9.17, 15) is 22.4 Å². The number of hydrogen-bond donors (Lipinski definition) is 1. The summed E-state index contributed by atoms with van der Waals surface area (Å²) in [4.78, 5) is 28.5. The second-order valence-corrected chi connectivity index (χ2v) is 11.8. The van der Waals surface area contributed by atoms with Gasteiger partial charge in [-0.2, -0.15) is 0 Å². The molecule has 0 heterocycles. The van der Waals surface area contributed by atoms with E-state index in [1.54, 1.807) is 19.1 Å². The molecule has 11 heteroatoms. The molecule has 1 aliphatic rings. The van der Waals surface area contributed by atoms with E-state index in [1.165, 1.54) is 42.3 Å². The zero-order valence-electron chi connectivity index (χ0n) is 22.0. The predicted molar refractivity (Wildman–Crippen MR) is 146 cm³/mol. The van der Waals surface area contributed by atoms with Gasteiger partial charge >= 0.3 is 0 Å². The van der Waals surface area contributed by atoms with Crippen LogP contribution in [0.4, 0.5) is 10.1 Å². The van der Waals surface area contributed by atoms with Crippen LogP contribution in [-0.2, 0) is 26.2 Å². The van der Waals surface area contributed by atoms with Crippen LogP contribution in [0.5, 0.6) is 5.75 Å². The van der Waals surface area contributed by atoms with E-state index in [1.807, 2.05) is 0 Å². The molecule has 0 saturated heterocycles. The number of nitrogens with zero attached hydrogens (tertiary/aromatic N) is 2. The van der Waals surface area contributed by atoms with Crippen LogP contribution >= 0.6 is 11.6 Å². The predicted octanol–water partition coefficient (Wildman–Crippen LogP) is 4.51. The van der Waals surface area contributed by atoms with Gasteiger partial charge in [0.2, 0.25) is 21.8 Å². The molecule has 0 spiro atoms. The molecule has 1 atom stereocenters. The van der Waals surface area contributed by atoms with Crippen molar-refractivity contribution in [1.82, 2.24) is 10.2 Å². The van der Waals surface area contributed by atoms with E-state index in [-0.39, 0.29) is 29.2 Å². The fourth-order valence-corrected chi connectivity index (χ4v) is 5.77. The van der Waals surface area contributed by atoms with Crippen LogP contribution < -0.4 is 14.4 Å². The maximum absolute atomic E-state index is 13.8. The fourth-order valence-electron chi connectivity index (χ4n) is 4.67. The van der Waals surface area contributed by atoms with Gasteiger partial charge in [-0.25, -0.2) is 12.8 Å². The summed E-state index contributed by atoms with van der Waals surface area (Å²) >= 11 is 6.22. The fraction of sp³-hybridized carbons (Fsp3) is 0.481. The number of ether oxygens (including phenoxy) is 1. The van der Waals surface area contributed by atoms with E-state index in [4.69, 9.17) is 16.3 Å². The van der Waals surface area contributed by atoms with E-state index in [2.05, 4.69) is 5.32 Å². The number of carbonyl (C=O) groups excluding carboxylic acids is 2. The van der Waals surface area contributed by atoms with E-state index < -0.39 is 34.3 Å².